The lowest BCUT2D eigenvalue weighted by Gasteiger charge is -2.49. The summed E-state index contributed by atoms with van der Waals surface area (Å²) in [7, 11) is 0. The van der Waals surface area contributed by atoms with Gasteiger partial charge in [0, 0.05) is 30.4 Å². The number of benzene rings is 1. The van der Waals surface area contributed by atoms with Crippen molar-refractivity contribution in [3.63, 3.8) is 0 Å². The molecule has 0 spiro atoms. The number of aliphatic hydroxyl groups excluding tert-OH is 1. The minimum atomic E-state index is -0.348. The second-order valence-corrected chi connectivity index (χ2v) is 8.13. The van der Waals surface area contributed by atoms with E-state index >= 15 is 0 Å². The van der Waals surface area contributed by atoms with Crippen LogP contribution in [0.1, 0.15) is 31.4 Å². The Morgan fingerprint density at radius 2 is 2.10 bits per heavy atom. The summed E-state index contributed by atoms with van der Waals surface area (Å²) in [4.78, 5) is 8.73. The Hall–Kier alpha value is -3.44. The van der Waals surface area contributed by atoms with Crippen molar-refractivity contribution in [3.05, 3.63) is 60.0 Å². The minimum Gasteiger partial charge on any atom is -0.392 e. The lowest BCUT2D eigenvalue weighted by Crippen LogP contribution is -2.57. The Kier molecular flexibility index (Phi) is 5.38. The topological polar surface area (TPSA) is 112 Å². The van der Waals surface area contributed by atoms with Crippen LogP contribution >= 0.6 is 0 Å². The maximum atomic E-state index is 9.95. The molecule has 4 rings (SSSR count). The third kappa shape index (κ3) is 3.98. The van der Waals surface area contributed by atoms with Gasteiger partial charge in [-0.05, 0) is 36.6 Å². The second-order valence-electron chi connectivity index (χ2n) is 8.13. The molecule has 1 saturated carbocycles. The van der Waals surface area contributed by atoms with Crippen LogP contribution < -0.4 is 10.6 Å². The Balaban J connectivity index is 1.36. The summed E-state index contributed by atoms with van der Waals surface area (Å²) >= 11 is 0. The maximum Gasteiger partial charge on any atom is 0.224 e. The number of aromatic nitrogens is 4. The van der Waals surface area contributed by atoms with E-state index in [1.807, 2.05) is 42.9 Å². The number of nitrogens with zero attached hydrogens (tertiary/aromatic N) is 5. The molecule has 0 aliphatic heterocycles. The molecule has 30 heavy (non-hydrogen) atoms. The molecule has 1 aliphatic carbocycles. The van der Waals surface area contributed by atoms with Gasteiger partial charge in [-0.3, -0.25) is 0 Å². The number of hydrogen-bond donors (Lipinski definition) is 3. The smallest absolute Gasteiger partial charge is 0.224 e. The predicted octanol–water partition coefficient (Wildman–Crippen LogP) is 2.76. The molecule has 1 aliphatic rings. The molecule has 3 N–H and O–H groups in total. The molecule has 0 bridgehead atoms. The zero-order valence-electron chi connectivity index (χ0n) is 17.1. The number of hydrogen-bond acceptors (Lipinski definition) is 7. The number of nitrogens with one attached hydrogen (secondary N) is 2. The fraction of sp³-hybridized carbons (Fsp3) is 0.364. The van der Waals surface area contributed by atoms with Gasteiger partial charge in [0.05, 0.1) is 18.0 Å². The van der Waals surface area contributed by atoms with Gasteiger partial charge >= 0.3 is 0 Å². The van der Waals surface area contributed by atoms with Gasteiger partial charge in [0.25, 0.3) is 0 Å². The minimum absolute atomic E-state index is 0.0654. The van der Waals surface area contributed by atoms with Crippen LogP contribution in [0.25, 0.3) is 5.69 Å². The number of anilines is 2. The van der Waals surface area contributed by atoms with Gasteiger partial charge in [0.15, 0.2) is 0 Å². The van der Waals surface area contributed by atoms with Crippen LogP contribution in [0.5, 0.6) is 0 Å². The lowest BCUT2D eigenvalue weighted by molar-refractivity contribution is -0.0511. The van der Waals surface area contributed by atoms with Crippen molar-refractivity contribution in [2.45, 2.75) is 38.8 Å². The van der Waals surface area contributed by atoms with E-state index in [1.165, 1.54) is 11.8 Å². The molecule has 0 radical (unpaired) electrons. The van der Waals surface area contributed by atoms with Crippen LogP contribution in [0, 0.1) is 16.7 Å². The molecule has 0 amide bonds. The summed E-state index contributed by atoms with van der Waals surface area (Å²) in [5, 5.41) is 30.1. The molecule has 2 heterocycles. The van der Waals surface area contributed by atoms with E-state index in [0.29, 0.717) is 30.3 Å². The highest BCUT2D eigenvalue weighted by Gasteiger charge is 2.47. The fourth-order valence-corrected chi connectivity index (χ4v) is 3.53. The lowest BCUT2D eigenvalue weighted by atomic mass is 9.64. The Morgan fingerprint density at radius 3 is 2.73 bits per heavy atom. The van der Waals surface area contributed by atoms with E-state index in [0.717, 1.165) is 12.1 Å². The van der Waals surface area contributed by atoms with Gasteiger partial charge in [-0.15, -0.1) is 0 Å². The summed E-state index contributed by atoms with van der Waals surface area (Å²) in [6, 6.07) is 12.3. The highest BCUT2D eigenvalue weighted by atomic mass is 16.3. The van der Waals surface area contributed by atoms with Crippen LogP contribution in [-0.4, -0.2) is 43.5 Å². The molecule has 1 aromatic carbocycles. The first-order valence-corrected chi connectivity index (χ1v) is 10.0. The zero-order chi connectivity index (χ0) is 21.1. The van der Waals surface area contributed by atoms with Gasteiger partial charge in [-0.2, -0.15) is 15.3 Å². The molecule has 2 atom stereocenters. The van der Waals surface area contributed by atoms with E-state index in [9.17, 15) is 10.4 Å². The van der Waals surface area contributed by atoms with E-state index in [1.54, 1.807) is 6.20 Å². The predicted molar refractivity (Wildman–Crippen MR) is 114 cm³/mol. The molecule has 2 aromatic heterocycles. The average Bonchev–Trinajstić information content (AvgIpc) is 3.29. The number of nitriles is 1. The van der Waals surface area contributed by atoms with Crippen LogP contribution in [0.2, 0.25) is 0 Å². The highest BCUT2D eigenvalue weighted by molar-refractivity contribution is 5.54. The van der Waals surface area contributed by atoms with Crippen molar-refractivity contribution in [1.82, 2.24) is 19.7 Å². The van der Waals surface area contributed by atoms with Crippen LogP contribution in [0.4, 0.5) is 11.8 Å². The number of rotatable bonds is 7. The first-order chi connectivity index (χ1) is 14.5. The summed E-state index contributed by atoms with van der Waals surface area (Å²) in [5.41, 5.74) is 2.35. The first kappa shape index (κ1) is 19.9. The van der Waals surface area contributed by atoms with Crippen molar-refractivity contribution in [2.75, 3.05) is 17.2 Å². The Labute approximate surface area is 175 Å². The second kappa shape index (κ2) is 8.13. The zero-order valence-corrected chi connectivity index (χ0v) is 17.1. The SMILES string of the molecule is CC1(C)[C@@H](O)C[C@H]1Nc1nc(NCCc2ccc(-n3cccn3)cc2)ncc1C#N. The molecule has 154 valence electrons. The van der Waals surface area contributed by atoms with E-state index in [4.69, 9.17) is 0 Å². The number of aliphatic hydroxyl groups is 1. The quantitative estimate of drug-likeness (QED) is 0.556. The third-order valence-electron chi connectivity index (χ3n) is 5.84. The maximum absolute atomic E-state index is 9.95. The first-order valence-electron chi connectivity index (χ1n) is 10.0. The van der Waals surface area contributed by atoms with Crippen molar-refractivity contribution in [2.24, 2.45) is 5.41 Å². The van der Waals surface area contributed by atoms with Gasteiger partial charge in [0.2, 0.25) is 5.95 Å². The van der Waals surface area contributed by atoms with Crippen molar-refractivity contribution < 1.29 is 5.11 Å². The average molecular weight is 403 g/mol. The normalized spacial score (nSPS) is 19.5. The van der Waals surface area contributed by atoms with E-state index < -0.39 is 0 Å². The largest absolute Gasteiger partial charge is 0.392 e. The van der Waals surface area contributed by atoms with Crippen LogP contribution in [0.15, 0.2) is 48.9 Å². The summed E-state index contributed by atoms with van der Waals surface area (Å²) in [6.45, 7) is 4.67. The van der Waals surface area contributed by atoms with Crippen LogP contribution in [-0.2, 0) is 6.42 Å². The van der Waals surface area contributed by atoms with Crippen molar-refractivity contribution in [3.8, 4) is 11.8 Å². The van der Waals surface area contributed by atoms with Gasteiger partial charge < -0.3 is 15.7 Å². The van der Waals surface area contributed by atoms with E-state index in [2.05, 4.69) is 43.9 Å². The van der Waals surface area contributed by atoms with E-state index in [-0.39, 0.29) is 17.6 Å². The molecular weight excluding hydrogens is 378 g/mol. The summed E-state index contributed by atoms with van der Waals surface area (Å²) in [5.74, 6) is 0.978. The van der Waals surface area contributed by atoms with Crippen molar-refractivity contribution in [1.29, 1.82) is 5.26 Å². The molecule has 1 fully saturated rings. The van der Waals surface area contributed by atoms with Crippen LogP contribution in [0.3, 0.4) is 0 Å². The van der Waals surface area contributed by atoms with Crippen molar-refractivity contribution >= 4 is 11.8 Å². The molecule has 3 aromatic rings. The summed E-state index contributed by atoms with van der Waals surface area (Å²) < 4.78 is 1.82. The van der Waals surface area contributed by atoms with Gasteiger partial charge in [0.1, 0.15) is 17.5 Å². The monoisotopic (exact) mass is 403 g/mol. The molecule has 8 nitrogen and oxygen atoms in total. The van der Waals surface area contributed by atoms with Gasteiger partial charge in [-0.25, -0.2) is 9.67 Å². The van der Waals surface area contributed by atoms with Gasteiger partial charge in [-0.1, -0.05) is 26.0 Å². The third-order valence-corrected chi connectivity index (χ3v) is 5.84. The molecule has 0 saturated heterocycles. The molecular formula is C22H25N7O. The summed E-state index contributed by atoms with van der Waals surface area (Å²) in [6.07, 6.45) is 6.30. The highest BCUT2D eigenvalue weighted by Crippen LogP contribution is 2.42. The molecule has 8 heteroatoms. The Morgan fingerprint density at radius 1 is 1.30 bits per heavy atom. The standard InChI is InChI=1S/C22H25N7O/c1-22(2)18(12-19(22)30)27-20-16(13-23)14-25-21(28-20)24-10-8-15-4-6-17(7-5-15)29-11-3-9-26-29/h3-7,9,11,14,18-19,30H,8,10,12H2,1-2H3,(H2,24,25,27,28)/t18-,19+/m1/s1. The fourth-order valence-electron chi connectivity index (χ4n) is 3.53. The Bertz CT molecular complexity index is 1040. The molecule has 0 unspecified atom stereocenters.